The summed E-state index contributed by atoms with van der Waals surface area (Å²) in [5, 5.41) is 12.0. The van der Waals surface area contributed by atoms with Crippen molar-refractivity contribution < 1.29 is 23.1 Å². The van der Waals surface area contributed by atoms with E-state index in [9.17, 15) is 18.0 Å². The summed E-state index contributed by atoms with van der Waals surface area (Å²) in [5.74, 6) is -1.57. The molecule has 21 heavy (non-hydrogen) atoms. The Morgan fingerprint density at radius 1 is 1.38 bits per heavy atom. The zero-order chi connectivity index (χ0) is 15.7. The zero-order valence-corrected chi connectivity index (χ0v) is 11.8. The number of aromatic carboxylic acids is 1. The number of rotatable bonds is 6. The molecule has 0 saturated heterocycles. The molecule has 0 atom stereocenters. The number of anilines is 1. The topological polar surface area (TPSA) is 49.3 Å². The molecule has 0 heterocycles. The number of nitrogens with one attached hydrogen (secondary N) is 1. The number of carboxylic acids is 1. The van der Waals surface area contributed by atoms with Gasteiger partial charge in [0.15, 0.2) is 0 Å². The second-order valence-electron chi connectivity index (χ2n) is 5.67. The highest BCUT2D eigenvalue weighted by Gasteiger charge is 2.41. The molecule has 0 spiro atoms. The normalized spacial score (nSPS) is 16.6. The minimum absolute atomic E-state index is 0.237. The molecule has 2 N–H and O–H groups in total. The Labute approximate surface area is 121 Å². The molecule has 1 saturated carbocycles. The standard InChI is InChI=1S/C15H18F3NO2/c1-2-5-14(6-7-14)9-19-10-3-4-12(15(16,17)18)11(8-10)13(20)21/h3-4,8,19H,2,5-7,9H2,1H3,(H,20,21). The quantitative estimate of drug-likeness (QED) is 0.819. The summed E-state index contributed by atoms with van der Waals surface area (Å²) in [7, 11) is 0. The highest BCUT2D eigenvalue weighted by Crippen LogP contribution is 2.49. The highest BCUT2D eigenvalue weighted by molar-refractivity contribution is 5.91. The van der Waals surface area contributed by atoms with Crippen molar-refractivity contribution in [2.45, 2.75) is 38.8 Å². The number of hydrogen-bond donors (Lipinski definition) is 2. The molecule has 0 aliphatic heterocycles. The lowest BCUT2D eigenvalue weighted by molar-refractivity contribution is -0.138. The van der Waals surface area contributed by atoms with Gasteiger partial charge in [-0.3, -0.25) is 0 Å². The first kappa shape index (κ1) is 15.7. The van der Waals surface area contributed by atoms with Gasteiger partial charge in [-0.05, 0) is 42.9 Å². The molecule has 3 nitrogen and oxygen atoms in total. The number of benzene rings is 1. The van der Waals surface area contributed by atoms with Gasteiger partial charge in [0.2, 0.25) is 0 Å². The number of carbonyl (C=O) groups is 1. The molecule has 1 aromatic rings. The predicted octanol–water partition coefficient (Wildman–Crippen LogP) is 4.40. The molecule has 0 bridgehead atoms. The van der Waals surface area contributed by atoms with Crippen molar-refractivity contribution >= 4 is 11.7 Å². The average Bonchev–Trinajstić information content (AvgIpc) is 3.15. The third kappa shape index (κ3) is 3.68. The summed E-state index contributed by atoms with van der Waals surface area (Å²) < 4.78 is 38.2. The van der Waals surface area contributed by atoms with Crippen LogP contribution < -0.4 is 5.32 Å². The summed E-state index contributed by atoms with van der Waals surface area (Å²) in [6, 6.07) is 3.18. The lowest BCUT2D eigenvalue weighted by atomic mass is 10.0. The maximum absolute atomic E-state index is 12.7. The lowest BCUT2D eigenvalue weighted by Gasteiger charge is -2.17. The van der Waals surface area contributed by atoms with Crippen LogP contribution in [0.2, 0.25) is 0 Å². The zero-order valence-electron chi connectivity index (χ0n) is 11.8. The van der Waals surface area contributed by atoms with E-state index in [4.69, 9.17) is 5.11 Å². The van der Waals surface area contributed by atoms with Crippen molar-refractivity contribution in [2.24, 2.45) is 5.41 Å². The van der Waals surface area contributed by atoms with E-state index >= 15 is 0 Å². The first-order valence-corrected chi connectivity index (χ1v) is 6.96. The van der Waals surface area contributed by atoms with E-state index in [1.165, 1.54) is 6.07 Å². The third-order valence-electron chi connectivity index (χ3n) is 3.96. The van der Waals surface area contributed by atoms with Crippen LogP contribution in [0.1, 0.15) is 48.5 Å². The molecule has 116 valence electrons. The van der Waals surface area contributed by atoms with Gasteiger partial charge in [-0.15, -0.1) is 0 Å². The second kappa shape index (κ2) is 5.58. The minimum atomic E-state index is -4.66. The van der Waals surface area contributed by atoms with E-state index in [0.717, 1.165) is 37.8 Å². The van der Waals surface area contributed by atoms with Crippen LogP contribution in [0, 0.1) is 5.41 Å². The Bertz CT molecular complexity index is 536. The smallest absolute Gasteiger partial charge is 0.417 e. The summed E-state index contributed by atoms with van der Waals surface area (Å²) in [6.07, 6.45) is -0.297. The van der Waals surface area contributed by atoms with Crippen LogP contribution in [0.25, 0.3) is 0 Å². The van der Waals surface area contributed by atoms with Crippen LogP contribution in [0.5, 0.6) is 0 Å². The fourth-order valence-electron chi connectivity index (χ4n) is 2.59. The molecule has 1 aliphatic rings. The highest BCUT2D eigenvalue weighted by atomic mass is 19.4. The van der Waals surface area contributed by atoms with Crippen LogP contribution in [0.3, 0.4) is 0 Å². The van der Waals surface area contributed by atoms with Crippen LogP contribution >= 0.6 is 0 Å². The van der Waals surface area contributed by atoms with E-state index in [1.54, 1.807) is 0 Å². The van der Waals surface area contributed by atoms with Crippen LogP contribution in [-0.2, 0) is 6.18 Å². The van der Waals surface area contributed by atoms with Crippen molar-refractivity contribution in [1.82, 2.24) is 0 Å². The van der Waals surface area contributed by atoms with Gasteiger partial charge in [0.05, 0.1) is 11.1 Å². The van der Waals surface area contributed by atoms with Gasteiger partial charge < -0.3 is 10.4 Å². The van der Waals surface area contributed by atoms with Crippen LogP contribution in [0.4, 0.5) is 18.9 Å². The fraction of sp³-hybridized carbons (Fsp3) is 0.533. The Balaban J connectivity index is 2.15. The van der Waals surface area contributed by atoms with Crippen molar-refractivity contribution in [3.8, 4) is 0 Å². The van der Waals surface area contributed by atoms with Gasteiger partial charge in [0.25, 0.3) is 0 Å². The molecular weight excluding hydrogens is 283 g/mol. The van der Waals surface area contributed by atoms with E-state index < -0.39 is 23.3 Å². The fourth-order valence-corrected chi connectivity index (χ4v) is 2.59. The molecule has 0 unspecified atom stereocenters. The van der Waals surface area contributed by atoms with E-state index in [1.807, 2.05) is 0 Å². The van der Waals surface area contributed by atoms with Gasteiger partial charge in [-0.25, -0.2) is 4.79 Å². The molecular formula is C15H18F3NO2. The van der Waals surface area contributed by atoms with Gasteiger partial charge in [0, 0.05) is 12.2 Å². The molecule has 2 rings (SSSR count). The first-order chi connectivity index (χ1) is 9.77. The lowest BCUT2D eigenvalue weighted by Crippen LogP contribution is -2.17. The Hall–Kier alpha value is -1.72. The number of hydrogen-bond acceptors (Lipinski definition) is 2. The number of halogens is 3. The number of carboxylic acid groups (broad SMARTS) is 1. The first-order valence-electron chi connectivity index (χ1n) is 6.96. The molecule has 0 amide bonds. The molecule has 1 aromatic carbocycles. The number of alkyl halides is 3. The maximum atomic E-state index is 12.7. The maximum Gasteiger partial charge on any atom is 0.417 e. The van der Waals surface area contributed by atoms with E-state index in [2.05, 4.69) is 12.2 Å². The minimum Gasteiger partial charge on any atom is -0.478 e. The summed E-state index contributed by atoms with van der Waals surface area (Å²) in [6.45, 7) is 2.77. The van der Waals surface area contributed by atoms with Crippen molar-refractivity contribution in [1.29, 1.82) is 0 Å². The predicted molar refractivity (Wildman–Crippen MR) is 73.5 cm³/mol. The van der Waals surface area contributed by atoms with Gasteiger partial charge in [0.1, 0.15) is 0 Å². The van der Waals surface area contributed by atoms with Crippen molar-refractivity contribution in [3.63, 3.8) is 0 Å². The molecule has 1 fully saturated rings. The summed E-state index contributed by atoms with van der Waals surface area (Å²) in [5.41, 5.74) is -1.17. The summed E-state index contributed by atoms with van der Waals surface area (Å²) >= 11 is 0. The van der Waals surface area contributed by atoms with Crippen LogP contribution in [0.15, 0.2) is 18.2 Å². The van der Waals surface area contributed by atoms with Gasteiger partial charge in [-0.2, -0.15) is 13.2 Å². The monoisotopic (exact) mass is 301 g/mol. The SMILES string of the molecule is CCCC1(CNc2ccc(C(F)(F)F)c(C(=O)O)c2)CC1. The van der Waals surface area contributed by atoms with Crippen molar-refractivity contribution in [2.75, 3.05) is 11.9 Å². The molecule has 0 aromatic heterocycles. The summed E-state index contributed by atoms with van der Waals surface area (Å²) in [4.78, 5) is 11.0. The van der Waals surface area contributed by atoms with Gasteiger partial charge >= 0.3 is 12.1 Å². The Kier molecular flexibility index (Phi) is 4.16. The second-order valence-corrected chi connectivity index (χ2v) is 5.67. The third-order valence-corrected chi connectivity index (χ3v) is 3.96. The average molecular weight is 301 g/mol. The van der Waals surface area contributed by atoms with Crippen molar-refractivity contribution in [3.05, 3.63) is 29.3 Å². The Morgan fingerprint density at radius 2 is 2.05 bits per heavy atom. The van der Waals surface area contributed by atoms with Gasteiger partial charge in [-0.1, -0.05) is 13.3 Å². The van der Waals surface area contributed by atoms with Crippen LogP contribution in [-0.4, -0.2) is 17.6 Å². The van der Waals surface area contributed by atoms with E-state index in [0.29, 0.717) is 12.2 Å². The molecule has 1 aliphatic carbocycles. The molecule has 6 heteroatoms. The molecule has 0 radical (unpaired) electrons. The largest absolute Gasteiger partial charge is 0.478 e. The Morgan fingerprint density at radius 3 is 2.52 bits per heavy atom. The van der Waals surface area contributed by atoms with E-state index in [-0.39, 0.29) is 5.41 Å².